The molecule has 0 aromatic carbocycles. The molecule has 27 heavy (non-hydrogen) atoms. The van der Waals surface area contributed by atoms with Crippen molar-refractivity contribution in [2.24, 2.45) is 0 Å². The van der Waals surface area contributed by atoms with E-state index in [1.54, 1.807) is 0 Å². The lowest BCUT2D eigenvalue weighted by molar-refractivity contribution is 0.241. The smallest absolute Gasteiger partial charge is 0.132 e. The van der Waals surface area contributed by atoms with E-state index in [1.807, 2.05) is 13.1 Å². The predicted molar refractivity (Wildman–Crippen MR) is 108 cm³/mol. The van der Waals surface area contributed by atoms with Crippen LogP contribution >= 0.6 is 0 Å². The molecule has 4 rings (SSSR count). The molecule has 2 aliphatic rings. The average Bonchev–Trinajstić information content (AvgIpc) is 3.10. The van der Waals surface area contributed by atoms with E-state index in [4.69, 9.17) is 9.97 Å². The van der Waals surface area contributed by atoms with Crippen LogP contribution < -0.4 is 4.90 Å². The van der Waals surface area contributed by atoms with Crippen molar-refractivity contribution in [2.45, 2.75) is 39.3 Å². The van der Waals surface area contributed by atoms with Gasteiger partial charge in [0.1, 0.15) is 11.6 Å². The van der Waals surface area contributed by atoms with Crippen LogP contribution in [0.2, 0.25) is 0 Å². The number of aromatic nitrogens is 3. The van der Waals surface area contributed by atoms with Crippen molar-refractivity contribution in [3.8, 4) is 0 Å². The number of likely N-dealkylation sites (tertiary alicyclic amines) is 1. The molecule has 0 aliphatic carbocycles. The zero-order valence-corrected chi connectivity index (χ0v) is 16.7. The molecule has 0 saturated carbocycles. The van der Waals surface area contributed by atoms with Gasteiger partial charge in [0.25, 0.3) is 0 Å². The van der Waals surface area contributed by atoms with Gasteiger partial charge in [-0.2, -0.15) is 0 Å². The molecule has 6 heteroatoms. The Kier molecular flexibility index (Phi) is 5.36. The summed E-state index contributed by atoms with van der Waals surface area (Å²) in [5.74, 6) is 1.94. The van der Waals surface area contributed by atoms with Crippen LogP contribution in [0, 0.1) is 13.8 Å². The molecule has 0 radical (unpaired) electrons. The van der Waals surface area contributed by atoms with Crippen LogP contribution in [0.1, 0.15) is 41.7 Å². The quantitative estimate of drug-likeness (QED) is 0.829. The number of piperazine rings is 1. The monoisotopic (exact) mass is 366 g/mol. The summed E-state index contributed by atoms with van der Waals surface area (Å²) in [5.41, 5.74) is 3.52. The van der Waals surface area contributed by atoms with E-state index in [0.29, 0.717) is 6.04 Å². The van der Waals surface area contributed by atoms with Crippen molar-refractivity contribution < 1.29 is 0 Å². The fourth-order valence-corrected chi connectivity index (χ4v) is 4.13. The summed E-state index contributed by atoms with van der Waals surface area (Å²) in [5, 5.41) is 0. The summed E-state index contributed by atoms with van der Waals surface area (Å²) in [6.07, 6.45) is 4.37. The Morgan fingerprint density at radius 1 is 1.04 bits per heavy atom. The van der Waals surface area contributed by atoms with Crippen molar-refractivity contribution >= 4 is 5.82 Å². The summed E-state index contributed by atoms with van der Waals surface area (Å²) in [6, 6.07) is 6.93. The Morgan fingerprint density at radius 2 is 1.85 bits per heavy atom. The van der Waals surface area contributed by atoms with Crippen LogP contribution in [0.3, 0.4) is 0 Å². The van der Waals surface area contributed by atoms with E-state index >= 15 is 0 Å². The summed E-state index contributed by atoms with van der Waals surface area (Å²) >= 11 is 0. The lowest BCUT2D eigenvalue weighted by Crippen LogP contribution is -2.45. The van der Waals surface area contributed by atoms with E-state index < -0.39 is 0 Å². The Labute approximate surface area is 162 Å². The highest BCUT2D eigenvalue weighted by atomic mass is 15.3. The molecule has 0 unspecified atom stereocenters. The van der Waals surface area contributed by atoms with Gasteiger partial charge in [-0.05, 0) is 51.9 Å². The maximum absolute atomic E-state index is 4.74. The highest BCUT2D eigenvalue weighted by molar-refractivity contribution is 5.40. The minimum absolute atomic E-state index is 0.396. The Morgan fingerprint density at radius 3 is 2.59 bits per heavy atom. The molecule has 1 atom stereocenters. The first-order chi connectivity index (χ1) is 13.1. The highest BCUT2D eigenvalue weighted by Crippen LogP contribution is 2.32. The molecule has 0 bridgehead atoms. The number of nitrogens with zero attached hydrogens (tertiary/aromatic N) is 6. The van der Waals surface area contributed by atoms with Gasteiger partial charge in [0.2, 0.25) is 0 Å². The molecular formula is C21H30N6. The van der Waals surface area contributed by atoms with Crippen LogP contribution in [0.25, 0.3) is 0 Å². The molecule has 2 fully saturated rings. The van der Waals surface area contributed by atoms with E-state index in [0.717, 1.165) is 56.6 Å². The van der Waals surface area contributed by atoms with Crippen LogP contribution in [0.5, 0.6) is 0 Å². The van der Waals surface area contributed by atoms with Crippen molar-refractivity contribution in [1.29, 1.82) is 0 Å². The minimum atomic E-state index is 0.396. The largest absolute Gasteiger partial charge is 0.354 e. The van der Waals surface area contributed by atoms with Crippen molar-refractivity contribution in [3.05, 3.63) is 47.2 Å². The van der Waals surface area contributed by atoms with Gasteiger partial charge in [-0.25, -0.2) is 9.97 Å². The normalized spacial score (nSPS) is 21.7. The zero-order valence-electron chi connectivity index (χ0n) is 16.7. The Balaban J connectivity index is 1.50. The third-order valence-electron chi connectivity index (χ3n) is 5.71. The third kappa shape index (κ3) is 4.28. The molecule has 0 amide bonds. The summed E-state index contributed by atoms with van der Waals surface area (Å²) in [7, 11) is 2.18. The predicted octanol–water partition coefficient (Wildman–Crippen LogP) is 2.58. The summed E-state index contributed by atoms with van der Waals surface area (Å²) in [6.45, 7) is 10.3. The molecule has 2 aromatic heterocycles. The second-order valence-electron chi connectivity index (χ2n) is 7.94. The zero-order chi connectivity index (χ0) is 18.8. The second-order valence-corrected chi connectivity index (χ2v) is 7.94. The number of pyridine rings is 1. The van der Waals surface area contributed by atoms with Crippen molar-refractivity contribution in [2.75, 3.05) is 44.7 Å². The van der Waals surface area contributed by atoms with Gasteiger partial charge in [0.05, 0.1) is 17.4 Å². The van der Waals surface area contributed by atoms with Crippen molar-refractivity contribution in [3.63, 3.8) is 0 Å². The summed E-state index contributed by atoms with van der Waals surface area (Å²) < 4.78 is 0. The lowest BCUT2D eigenvalue weighted by atomic mass is 10.1. The second kappa shape index (κ2) is 7.90. The van der Waals surface area contributed by atoms with Crippen LogP contribution in [0.15, 0.2) is 24.4 Å². The van der Waals surface area contributed by atoms with Crippen LogP contribution in [-0.2, 0) is 6.54 Å². The first-order valence-corrected chi connectivity index (χ1v) is 10.0. The molecule has 2 aliphatic heterocycles. The number of likely N-dealkylation sites (N-methyl/N-ethyl adjacent to an activating group) is 1. The molecular weight excluding hydrogens is 336 g/mol. The van der Waals surface area contributed by atoms with Crippen molar-refractivity contribution in [1.82, 2.24) is 24.8 Å². The van der Waals surface area contributed by atoms with Gasteiger partial charge in [-0.15, -0.1) is 0 Å². The number of hydrogen-bond donors (Lipinski definition) is 0. The van der Waals surface area contributed by atoms with Crippen LogP contribution in [0.4, 0.5) is 5.82 Å². The summed E-state index contributed by atoms with van der Waals surface area (Å²) in [4.78, 5) is 21.4. The number of aryl methyl sites for hydroxylation is 2. The number of rotatable bonds is 4. The van der Waals surface area contributed by atoms with Gasteiger partial charge < -0.3 is 9.80 Å². The molecule has 0 N–H and O–H groups in total. The maximum atomic E-state index is 4.74. The topological polar surface area (TPSA) is 48.4 Å². The molecule has 4 heterocycles. The standard InChI is InChI=1S/C21H30N6/c1-16-6-7-19(22-14-16)20-5-4-8-27(20)15-18-13-21(24-17(2)23-18)26-11-9-25(3)10-12-26/h6-7,13-14,20H,4-5,8-12,15H2,1-3H3/t20-/m0/s1. The van der Waals surface area contributed by atoms with Gasteiger partial charge in [-0.3, -0.25) is 9.88 Å². The molecule has 144 valence electrons. The SMILES string of the molecule is Cc1ccc([C@@H]2CCCN2Cc2cc(N3CCN(C)CC3)nc(C)n2)nc1. The number of hydrogen-bond acceptors (Lipinski definition) is 6. The van der Waals surface area contributed by atoms with Crippen LogP contribution in [-0.4, -0.2) is 64.5 Å². The van der Waals surface area contributed by atoms with Gasteiger partial charge in [0, 0.05) is 45.0 Å². The van der Waals surface area contributed by atoms with E-state index in [9.17, 15) is 0 Å². The number of anilines is 1. The first-order valence-electron chi connectivity index (χ1n) is 10.0. The van der Waals surface area contributed by atoms with Gasteiger partial charge in [-0.1, -0.05) is 6.07 Å². The highest BCUT2D eigenvalue weighted by Gasteiger charge is 2.27. The Bertz CT molecular complexity index is 767. The van der Waals surface area contributed by atoms with E-state index in [1.165, 1.54) is 24.1 Å². The molecule has 6 nitrogen and oxygen atoms in total. The molecule has 2 saturated heterocycles. The minimum Gasteiger partial charge on any atom is -0.354 e. The van der Waals surface area contributed by atoms with Gasteiger partial charge in [0.15, 0.2) is 0 Å². The first kappa shape index (κ1) is 18.3. The average molecular weight is 367 g/mol. The maximum Gasteiger partial charge on any atom is 0.132 e. The van der Waals surface area contributed by atoms with Gasteiger partial charge >= 0.3 is 0 Å². The van der Waals surface area contributed by atoms with E-state index in [-0.39, 0.29) is 0 Å². The third-order valence-corrected chi connectivity index (χ3v) is 5.71. The fourth-order valence-electron chi connectivity index (χ4n) is 4.13. The fraction of sp³-hybridized carbons (Fsp3) is 0.571. The van der Waals surface area contributed by atoms with E-state index in [2.05, 4.69) is 51.9 Å². The lowest BCUT2D eigenvalue weighted by Gasteiger charge is -2.33. The Hall–Kier alpha value is -2.05. The molecule has 2 aromatic rings. The molecule has 0 spiro atoms.